The van der Waals surface area contributed by atoms with Gasteiger partial charge in [0.05, 0.1) is 47.4 Å². The number of quaternary nitrogens is 1. The smallest absolute Gasteiger partial charge is 0.231 e. The molecule has 8 heteroatoms. The molecule has 0 fully saturated rings. The summed E-state index contributed by atoms with van der Waals surface area (Å²) >= 11 is 0. The number of nitrogens with zero attached hydrogens (tertiary/aromatic N) is 1. The van der Waals surface area contributed by atoms with E-state index in [4.69, 9.17) is 14.2 Å². The minimum absolute atomic E-state index is 0. The number of hydrogen-bond acceptors (Lipinski definition) is 6. The Kier molecular flexibility index (Phi) is 7.14. The molecule has 168 valence electrons. The minimum Gasteiger partial charge on any atom is -1.00 e. The number of halogens is 1. The van der Waals surface area contributed by atoms with Gasteiger partial charge in [-0.05, 0) is 35.4 Å². The van der Waals surface area contributed by atoms with Crippen molar-refractivity contribution in [3.63, 3.8) is 0 Å². The third-order valence-corrected chi connectivity index (χ3v) is 6.27. The molecule has 2 heterocycles. The number of Topliss-reactive ketones (excluding diaryl/α,β-unsaturated/α-hetero) is 1. The zero-order chi connectivity index (χ0) is 21.5. The van der Waals surface area contributed by atoms with E-state index in [9.17, 15) is 15.0 Å². The van der Waals surface area contributed by atoms with Crippen molar-refractivity contribution < 1.29 is 57.7 Å². The van der Waals surface area contributed by atoms with Gasteiger partial charge in [0.2, 0.25) is 6.79 Å². The van der Waals surface area contributed by atoms with Crippen molar-refractivity contribution in [1.29, 1.82) is 0 Å². The molecule has 4 rings (SSSR count). The van der Waals surface area contributed by atoms with Gasteiger partial charge in [0.25, 0.3) is 0 Å². The number of rotatable bonds is 6. The van der Waals surface area contributed by atoms with Crippen molar-refractivity contribution in [3.05, 3.63) is 52.1 Å². The fraction of sp³-hybridized carbons (Fsp3) is 0.435. The first-order valence-corrected chi connectivity index (χ1v) is 10.1. The van der Waals surface area contributed by atoms with Crippen molar-refractivity contribution in [2.45, 2.75) is 32.1 Å². The SMILES string of the molecule is COc1cc(CO)cc(C(=O)CC2c3c(cc4c(c3CO)OCO4)CC[N+]2(C)C)c1.[I-]. The molecule has 0 aliphatic carbocycles. The van der Waals surface area contributed by atoms with E-state index in [0.29, 0.717) is 38.4 Å². The van der Waals surface area contributed by atoms with Crippen LogP contribution < -0.4 is 38.2 Å². The van der Waals surface area contributed by atoms with Gasteiger partial charge in [-0.3, -0.25) is 4.79 Å². The van der Waals surface area contributed by atoms with E-state index in [0.717, 1.165) is 24.1 Å². The Labute approximate surface area is 199 Å². The standard InChI is InChI=1S/C23H28NO6.HI/c1-24(2)5-4-15-9-21-23(30-13-29-21)18(12-26)22(15)19(24)10-20(27)16-6-14(11-25)7-17(8-16)28-3;/h6-9,19,25-26H,4-5,10-13H2,1-3H3;1H/q+1;/p-1. The highest BCUT2D eigenvalue weighted by molar-refractivity contribution is 5.97. The number of ketones is 1. The van der Waals surface area contributed by atoms with Crippen molar-refractivity contribution in [1.82, 2.24) is 0 Å². The normalized spacial score (nSPS) is 18.2. The van der Waals surface area contributed by atoms with E-state index in [-0.39, 0.29) is 62.2 Å². The van der Waals surface area contributed by atoms with Crippen LogP contribution in [0.3, 0.4) is 0 Å². The lowest BCUT2D eigenvalue weighted by molar-refractivity contribution is -0.922. The summed E-state index contributed by atoms with van der Waals surface area (Å²) in [4.78, 5) is 13.3. The number of benzene rings is 2. The first kappa shape index (κ1) is 23.8. The number of likely N-dealkylation sites (N-methyl/N-ethyl adjacent to an activating group) is 1. The molecule has 0 aromatic heterocycles. The summed E-state index contributed by atoms with van der Waals surface area (Å²) in [6.07, 6.45) is 1.11. The molecule has 0 amide bonds. The maximum absolute atomic E-state index is 13.3. The average molecular weight is 541 g/mol. The van der Waals surface area contributed by atoms with Gasteiger partial charge in [0.15, 0.2) is 17.3 Å². The van der Waals surface area contributed by atoms with Gasteiger partial charge in [0, 0.05) is 23.1 Å². The Bertz CT molecular complexity index is 968. The fourth-order valence-corrected chi connectivity index (χ4v) is 4.55. The van der Waals surface area contributed by atoms with Gasteiger partial charge in [-0.1, -0.05) is 0 Å². The highest BCUT2D eigenvalue weighted by Crippen LogP contribution is 2.47. The Balaban J connectivity index is 0.00000272. The predicted molar refractivity (Wildman–Crippen MR) is 110 cm³/mol. The number of fused-ring (bicyclic) bond motifs is 2. The first-order chi connectivity index (χ1) is 14.4. The van der Waals surface area contributed by atoms with E-state index in [2.05, 4.69) is 14.1 Å². The van der Waals surface area contributed by atoms with E-state index in [1.165, 1.54) is 7.11 Å². The van der Waals surface area contributed by atoms with Crippen LogP contribution in [-0.2, 0) is 19.6 Å². The van der Waals surface area contributed by atoms with Gasteiger partial charge in [-0.2, -0.15) is 0 Å². The van der Waals surface area contributed by atoms with Crippen LogP contribution in [0.1, 0.15) is 45.1 Å². The molecule has 2 aromatic rings. The number of carbonyl (C=O) groups is 1. The second kappa shape index (κ2) is 9.32. The van der Waals surface area contributed by atoms with Crippen LogP contribution in [-0.4, -0.2) is 55.0 Å². The molecule has 7 nitrogen and oxygen atoms in total. The number of aliphatic hydroxyl groups is 2. The van der Waals surface area contributed by atoms with Crippen LogP contribution in [0.15, 0.2) is 24.3 Å². The van der Waals surface area contributed by atoms with Crippen LogP contribution in [0.25, 0.3) is 0 Å². The Hall–Kier alpha value is -1.88. The van der Waals surface area contributed by atoms with E-state index in [1.807, 2.05) is 6.07 Å². The molecule has 2 aromatic carbocycles. The Morgan fingerprint density at radius 1 is 1.16 bits per heavy atom. The molecular formula is C23H28INO6. The van der Waals surface area contributed by atoms with E-state index in [1.54, 1.807) is 18.2 Å². The number of methoxy groups -OCH3 is 1. The second-order valence-electron chi connectivity index (χ2n) is 8.44. The summed E-state index contributed by atoms with van der Waals surface area (Å²) in [5, 5.41) is 19.7. The van der Waals surface area contributed by atoms with Crippen molar-refractivity contribution in [3.8, 4) is 17.2 Å². The zero-order valence-corrected chi connectivity index (χ0v) is 20.1. The average Bonchev–Trinajstić information content (AvgIpc) is 3.22. The molecule has 0 spiro atoms. The molecule has 2 N–H and O–H groups in total. The van der Waals surface area contributed by atoms with Gasteiger partial charge >= 0.3 is 0 Å². The summed E-state index contributed by atoms with van der Waals surface area (Å²) in [7, 11) is 5.76. The minimum atomic E-state index is -0.173. The van der Waals surface area contributed by atoms with E-state index < -0.39 is 0 Å². The molecule has 0 saturated carbocycles. The topological polar surface area (TPSA) is 85.2 Å². The van der Waals surface area contributed by atoms with Gasteiger partial charge < -0.3 is 52.9 Å². The number of ether oxygens (including phenoxy) is 3. The van der Waals surface area contributed by atoms with Crippen LogP contribution in [0.4, 0.5) is 0 Å². The summed E-state index contributed by atoms with van der Waals surface area (Å²) in [5.74, 6) is 1.76. The maximum Gasteiger partial charge on any atom is 0.231 e. The van der Waals surface area contributed by atoms with Crippen molar-refractivity contribution in [2.24, 2.45) is 0 Å². The molecule has 2 aliphatic rings. The molecule has 31 heavy (non-hydrogen) atoms. The maximum atomic E-state index is 13.3. The Morgan fingerprint density at radius 2 is 1.94 bits per heavy atom. The zero-order valence-electron chi connectivity index (χ0n) is 18.0. The predicted octanol–water partition coefficient (Wildman–Crippen LogP) is -0.641. The highest BCUT2D eigenvalue weighted by Gasteiger charge is 2.41. The first-order valence-electron chi connectivity index (χ1n) is 10.1. The van der Waals surface area contributed by atoms with Gasteiger partial charge in [-0.25, -0.2) is 0 Å². The lowest BCUT2D eigenvalue weighted by Crippen LogP contribution is -3.00. The molecule has 2 aliphatic heterocycles. The molecule has 0 bridgehead atoms. The monoisotopic (exact) mass is 541 g/mol. The number of carbonyl (C=O) groups excluding carboxylic acids is 1. The van der Waals surface area contributed by atoms with Crippen LogP contribution in [0, 0.1) is 0 Å². The van der Waals surface area contributed by atoms with Gasteiger partial charge in [0.1, 0.15) is 11.8 Å². The van der Waals surface area contributed by atoms with Crippen LogP contribution >= 0.6 is 0 Å². The second-order valence-corrected chi connectivity index (χ2v) is 8.44. The van der Waals surface area contributed by atoms with Crippen molar-refractivity contribution >= 4 is 5.78 Å². The molecule has 0 radical (unpaired) electrons. The molecule has 1 unspecified atom stereocenters. The third kappa shape index (κ3) is 4.39. The Morgan fingerprint density at radius 3 is 2.61 bits per heavy atom. The summed E-state index contributed by atoms with van der Waals surface area (Å²) in [6, 6.07) is 6.99. The quantitative estimate of drug-likeness (QED) is 0.288. The fourth-order valence-electron chi connectivity index (χ4n) is 4.55. The van der Waals surface area contributed by atoms with Crippen LogP contribution in [0.2, 0.25) is 0 Å². The summed E-state index contributed by atoms with van der Waals surface area (Å²) < 4.78 is 17.1. The summed E-state index contributed by atoms with van der Waals surface area (Å²) in [5.41, 5.74) is 3.94. The lowest BCUT2D eigenvalue weighted by atomic mass is 9.83. The van der Waals surface area contributed by atoms with Gasteiger partial charge in [-0.15, -0.1) is 0 Å². The molecule has 1 atom stereocenters. The molecular weight excluding hydrogens is 513 g/mol. The summed E-state index contributed by atoms with van der Waals surface area (Å²) in [6.45, 7) is 0.674. The van der Waals surface area contributed by atoms with E-state index >= 15 is 0 Å². The lowest BCUT2D eigenvalue weighted by Gasteiger charge is -2.43. The number of hydrogen-bond donors (Lipinski definition) is 2. The number of aliphatic hydroxyl groups excluding tert-OH is 2. The van der Waals surface area contributed by atoms with Crippen LogP contribution in [0.5, 0.6) is 17.2 Å². The molecule has 0 saturated heterocycles. The van der Waals surface area contributed by atoms with Crippen molar-refractivity contribution in [2.75, 3.05) is 34.5 Å². The third-order valence-electron chi connectivity index (χ3n) is 6.27. The largest absolute Gasteiger partial charge is 1.00 e. The highest BCUT2D eigenvalue weighted by atomic mass is 127.